The van der Waals surface area contributed by atoms with Gasteiger partial charge in [-0.05, 0) is 35.7 Å². The van der Waals surface area contributed by atoms with Gasteiger partial charge < -0.3 is 4.74 Å². The molecule has 0 aliphatic heterocycles. The number of unbranched alkanes of at least 4 members (excludes halogenated alkanes) is 3. The zero-order valence-corrected chi connectivity index (χ0v) is 15.9. The van der Waals surface area contributed by atoms with Gasteiger partial charge in [0.05, 0.1) is 6.61 Å². The van der Waals surface area contributed by atoms with Crippen LogP contribution in [-0.4, -0.2) is 6.61 Å². The van der Waals surface area contributed by atoms with E-state index < -0.39 is 0 Å². The maximum Gasteiger partial charge on any atom is 0.126 e. The standard InChI is InChI=1S/C22H25BrO/c1-3-5-6-7-16-24-22-15-14-21(23)17-20(22)13-12-19-10-8-18(4-2)9-11-19/h4,8-15,17H,2-3,5-7,16H2,1H3/b13-12+. The summed E-state index contributed by atoms with van der Waals surface area (Å²) in [5.74, 6) is 0.939. The molecule has 0 aliphatic carbocycles. The molecule has 2 aromatic rings. The molecule has 126 valence electrons. The highest BCUT2D eigenvalue weighted by Gasteiger charge is 2.02. The minimum atomic E-state index is 0.774. The zero-order chi connectivity index (χ0) is 17.2. The Morgan fingerprint density at radius 3 is 2.42 bits per heavy atom. The van der Waals surface area contributed by atoms with E-state index in [-0.39, 0.29) is 0 Å². The smallest absolute Gasteiger partial charge is 0.126 e. The lowest BCUT2D eigenvalue weighted by molar-refractivity contribution is 0.304. The highest BCUT2D eigenvalue weighted by Crippen LogP contribution is 2.25. The molecule has 24 heavy (non-hydrogen) atoms. The molecule has 0 N–H and O–H groups in total. The Bertz CT molecular complexity index is 671. The molecule has 0 bridgehead atoms. The van der Waals surface area contributed by atoms with Crippen LogP contribution in [0.1, 0.15) is 49.3 Å². The predicted octanol–water partition coefficient (Wildman–Crippen LogP) is 7.22. The van der Waals surface area contributed by atoms with Crippen molar-refractivity contribution in [2.24, 2.45) is 0 Å². The number of halogens is 1. The topological polar surface area (TPSA) is 9.23 Å². The van der Waals surface area contributed by atoms with E-state index in [1.807, 2.05) is 18.2 Å². The molecule has 0 saturated carbocycles. The van der Waals surface area contributed by atoms with Crippen molar-refractivity contribution < 1.29 is 4.74 Å². The molecule has 0 aliphatic rings. The van der Waals surface area contributed by atoms with Crippen molar-refractivity contribution in [1.82, 2.24) is 0 Å². The van der Waals surface area contributed by atoms with Gasteiger partial charge in [0, 0.05) is 10.0 Å². The fourth-order valence-electron chi connectivity index (χ4n) is 2.42. The summed E-state index contributed by atoms with van der Waals surface area (Å²) >= 11 is 3.54. The highest BCUT2D eigenvalue weighted by atomic mass is 79.9. The van der Waals surface area contributed by atoms with Gasteiger partial charge in [-0.15, -0.1) is 0 Å². The lowest BCUT2D eigenvalue weighted by Crippen LogP contribution is -1.98. The van der Waals surface area contributed by atoms with Gasteiger partial charge in [0.1, 0.15) is 5.75 Å². The molecule has 2 aromatic carbocycles. The summed E-state index contributed by atoms with van der Waals surface area (Å²) in [4.78, 5) is 0. The largest absolute Gasteiger partial charge is 0.493 e. The van der Waals surface area contributed by atoms with Crippen LogP contribution >= 0.6 is 15.9 Å². The first-order valence-corrected chi connectivity index (χ1v) is 9.35. The fraction of sp³-hybridized carbons (Fsp3) is 0.273. The number of ether oxygens (including phenoxy) is 1. The van der Waals surface area contributed by atoms with Crippen molar-refractivity contribution >= 4 is 34.2 Å². The Balaban J connectivity index is 2.05. The molecule has 0 radical (unpaired) electrons. The molecule has 0 aromatic heterocycles. The minimum absolute atomic E-state index is 0.774. The first-order chi connectivity index (χ1) is 11.7. The van der Waals surface area contributed by atoms with Crippen molar-refractivity contribution in [3.63, 3.8) is 0 Å². The van der Waals surface area contributed by atoms with Crippen LogP contribution in [0.4, 0.5) is 0 Å². The third kappa shape index (κ3) is 6.01. The average Bonchev–Trinajstić information content (AvgIpc) is 2.61. The fourth-order valence-corrected chi connectivity index (χ4v) is 2.80. The van der Waals surface area contributed by atoms with Gasteiger partial charge in [-0.3, -0.25) is 0 Å². The Labute approximate surface area is 154 Å². The molecule has 0 heterocycles. The van der Waals surface area contributed by atoms with E-state index in [1.54, 1.807) is 0 Å². The maximum atomic E-state index is 5.98. The van der Waals surface area contributed by atoms with Gasteiger partial charge in [-0.2, -0.15) is 0 Å². The first-order valence-electron chi connectivity index (χ1n) is 8.56. The molecular weight excluding hydrogens is 360 g/mol. The van der Waals surface area contributed by atoms with Gasteiger partial charge >= 0.3 is 0 Å². The normalized spacial score (nSPS) is 10.9. The zero-order valence-electron chi connectivity index (χ0n) is 14.3. The predicted molar refractivity (Wildman–Crippen MR) is 109 cm³/mol. The van der Waals surface area contributed by atoms with E-state index in [4.69, 9.17) is 4.74 Å². The Morgan fingerprint density at radius 1 is 0.958 bits per heavy atom. The van der Waals surface area contributed by atoms with E-state index in [1.165, 1.54) is 19.3 Å². The second-order valence-electron chi connectivity index (χ2n) is 5.80. The van der Waals surface area contributed by atoms with Crippen molar-refractivity contribution in [3.05, 3.63) is 70.2 Å². The number of hydrogen-bond donors (Lipinski definition) is 0. The summed E-state index contributed by atoms with van der Waals surface area (Å²) in [6.07, 6.45) is 10.9. The lowest BCUT2D eigenvalue weighted by atomic mass is 10.1. The van der Waals surface area contributed by atoms with Crippen molar-refractivity contribution in [3.8, 4) is 5.75 Å². The Kier molecular flexibility index (Phi) is 7.84. The first kappa shape index (κ1) is 18.5. The second-order valence-corrected chi connectivity index (χ2v) is 6.71. The molecule has 0 unspecified atom stereocenters. The van der Waals surface area contributed by atoms with E-state index in [2.05, 4.69) is 71.9 Å². The van der Waals surface area contributed by atoms with Gasteiger partial charge in [-0.1, -0.05) is 91.2 Å². The third-order valence-electron chi connectivity index (χ3n) is 3.85. The summed E-state index contributed by atoms with van der Waals surface area (Å²) in [5.41, 5.74) is 3.38. The van der Waals surface area contributed by atoms with Crippen LogP contribution in [0.15, 0.2) is 53.5 Å². The van der Waals surface area contributed by atoms with Gasteiger partial charge in [-0.25, -0.2) is 0 Å². The summed E-state index contributed by atoms with van der Waals surface area (Å²) in [6.45, 7) is 6.78. The highest BCUT2D eigenvalue weighted by molar-refractivity contribution is 9.10. The van der Waals surface area contributed by atoms with E-state index in [9.17, 15) is 0 Å². The second kappa shape index (κ2) is 10.1. The summed E-state index contributed by atoms with van der Waals surface area (Å²) in [7, 11) is 0. The molecule has 0 amide bonds. The van der Waals surface area contributed by atoms with Crippen LogP contribution in [0.2, 0.25) is 0 Å². The van der Waals surface area contributed by atoms with Crippen LogP contribution in [0, 0.1) is 0 Å². The van der Waals surface area contributed by atoms with Gasteiger partial charge in [0.25, 0.3) is 0 Å². The van der Waals surface area contributed by atoms with Crippen LogP contribution in [0.3, 0.4) is 0 Å². The van der Waals surface area contributed by atoms with E-state index in [0.717, 1.165) is 39.9 Å². The average molecular weight is 385 g/mol. The summed E-state index contributed by atoms with van der Waals surface area (Å²) in [5, 5.41) is 0. The molecule has 0 saturated heterocycles. The minimum Gasteiger partial charge on any atom is -0.493 e. The summed E-state index contributed by atoms with van der Waals surface area (Å²) < 4.78 is 7.04. The molecule has 2 rings (SSSR count). The molecule has 0 atom stereocenters. The number of benzene rings is 2. The molecule has 0 fully saturated rings. The van der Waals surface area contributed by atoms with Gasteiger partial charge in [0.2, 0.25) is 0 Å². The van der Waals surface area contributed by atoms with Crippen LogP contribution < -0.4 is 4.74 Å². The monoisotopic (exact) mass is 384 g/mol. The van der Waals surface area contributed by atoms with Crippen molar-refractivity contribution in [2.45, 2.75) is 32.6 Å². The SMILES string of the molecule is C=Cc1ccc(/C=C/c2cc(Br)ccc2OCCCCCC)cc1. The van der Waals surface area contributed by atoms with E-state index in [0.29, 0.717) is 0 Å². The number of hydrogen-bond acceptors (Lipinski definition) is 1. The molecule has 2 heteroatoms. The summed E-state index contributed by atoms with van der Waals surface area (Å²) in [6, 6.07) is 14.5. The Hall–Kier alpha value is -1.80. The Morgan fingerprint density at radius 2 is 1.71 bits per heavy atom. The molecule has 0 spiro atoms. The van der Waals surface area contributed by atoms with E-state index >= 15 is 0 Å². The van der Waals surface area contributed by atoms with Crippen molar-refractivity contribution in [1.29, 1.82) is 0 Å². The third-order valence-corrected chi connectivity index (χ3v) is 4.35. The maximum absolute atomic E-state index is 5.98. The van der Waals surface area contributed by atoms with Crippen LogP contribution in [0.5, 0.6) is 5.75 Å². The van der Waals surface area contributed by atoms with Crippen molar-refractivity contribution in [2.75, 3.05) is 6.61 Å². The molecule has 1 nitrogen and oxygen atoms in total. The van der Waals surface area contributed by atoms with Crippen LogP contribution in [0.25, 0.3) is 18.2 Å². The molecular formula is C22H25BrO. The number of rotatable bonds is 9. The van der Waals surface area contributed by atoms with Gasteiger partial charge in [0.15, 0.2) is 0 Å². The quantitative estimate of drug-likeness (QED) is 0.327. The van der Waals surface area contributed by atoms with Crippen LogP contribution in [-0.2, 0) is 0 Å². The lowest BCUT2D eigenvalue weighted by Gasteiger charge is -2.10.